The molecular formula is C14H24N4O2S. The van der Waals surface area contributed by atoms with Gasteiger partial charge in [0.05, 0.1) is 11.4 Å². The highest BCUT2D eigenvalue weighted by Gasteiger charge is 2.31. The van der Waals surface area contributed by atoms with Crippen molar-refractivity contribution in [3.05, 3.63) is 23.0 Å². The molecule has 0 fully saturated rings. The molecule has 0 saturated carbocycles. The quantitative estimate of drug-likeness (QED) is 0.809. The second-order valence-electron chi connectivity index (χ2n) is 5.82. The van der Waals surface area contributed by atoms with Crippen molar-refractivity contribution < 1.29 is 8.42 Å². The van der Waals surface area contributed by atoms with E-state index in [1.807, 2.05) is 26.8 Å². The molecule has 2 N–H and O–H groups in total. The van der Waals surface area contributed by atoms with Crippen molar-refractivity contribution in [3.63, 3.8) is 0 Å². The molecule has 7 heteroatoms. The van der Waals surface area contributed by atoms with Gasteiger partial charge in [0.2, 0.25) is 10.0 Å². The topological polar surface area (TPSA) is 78.1 Å². The van der Waals surface area contributed by atoms with Crippen LogP contribution in [0.15, 0.2) is 16.5 Å². The van der Waals surface area contributed by atoms with Gasteiger partial charge in [-0.15, -0.1) is 0 Å². The summed E-state index contributed by atoms with van der Waals surface area (Å²) >= 11 is 0. The summed E-state index contributed by atoms with van der Waals surface area (Å²) in [7, 11) is -3.50. The lowest BCUT2D eigenvalue weighted by Crippen LogP contribution is -2.35. The monoisotopic (exact) mass is 312 g/mol. The highest BCUT2D eigenvalue weighted by molar-refractivity contribution is 7.89. The third-order valence-corrected chi connectivity index (χ3v) is 5.71. The van der Waals surface area contributed by atoms with Gasteiger partial charge in [-0.05, 0) is 20.3 Å². The van der Waals surface area contributed by atoms with Crippen LogP contribution in [0.5, 0.6) is 0 Å². The van der Waals surface area contributed by atoms with Crippen LogP contribution in [0.4, 0.5) is 0 Å². The zero-order valence-corrected chi connectivity index (χ0v) is 13.9. The zero-order chi connectivity index (χ0) is 15.6. The van der Waals surface area contributed by atoms with E-state index in [-0.39, 0.29) is 6.04 Å². The first-order chi connectivity index (χ1) is 9.82. The maximum atomic E-state index is 12.9. The minimum atomic E-state index is -3.50. The maximum Gasteiger partial charge on any atom is 0.247 e. The molecule has 6 nitrogen and oxygen atoms in total. The molecule has 0 aromatic carbocycles. The predicted octanol–water partition coefficient (Wildman–Crippen LogP) is 1.56. The standard InChI is InChI=1S/C14H24N4O2S/c1-10(2)15-9-13-14(12(4)16-17-13)21(19,20)18-7-5-11(3)6-8-18/h5,10,15H,6-9H2,1-4H3,(H,16,17). The molecule has 0 bridgehead atoms. The van der Waals surface area contributed by atoms with Gasteiger partial charge in [0.1, 0.15) is 4.90 Å². The molecule has 1 aliphatic heterocycles. The van der Waals surface area contributed by atoms with Crippen LogP contribution in [0, 0.1) is 6.92 Å². The summed E-state index contributed by atoms with van der Waals surface area (Å²) in [4.78, 5) is 0.323. The third kappa shape index (κ3) is 3.53. The van der Waals surface area contributed by atoms with Gasteiger partial charge < -0.3 is 5.32 Å². The number of nitrogens with one attached hydrogen (secondary N) is 2. The van der Waals surface area contributed by atoms with Crippen molar-refractivity contribution in [1.82, 2.24) is 19.8 Å². The van der Waals surface area contributed by atoms with Crippen LogP contribution in [0.25, 0.3) is 0 Å². The highest BCUT2D eigenvalue weighted by Crippen LogP contribution is 2.24. The summed E-state index contributed by atoms with van der Waals surface area (Å²) in [6, 6.07) is 0.276. The molecule has 1 aliphatic rings. The largest absolute Gasteiger partial charge is 0.309 e. The van der Waals surface area contributed by atoms with Crippen LogP contribution in [-0.2, 0) is 16.6 Å². The van der Waals surface area contributed by atoms with E-state index >= 15 is 0 Å². The molecule has 118 valence electrons. The molecule has 2 heterocycles. The smallest absolute Gasteiger partial charge is 0.247 e. The summed E-state index contributed by atoms with van der Waals surface area (Å²) in [6.07, 6.45) is 2.76. The second-order valence-corrected chi connectivity index (χ2v) is 7.70. The Balaban J connectivity index is 2.29. The van der Waals surface area contributed by atoms with Crippen LogP contribution in [-0.4, -0.2) is 42.1 Å². The fraction of sp³-hybridized carbons (Fsp3) is 0.643. The number of H-pyrrole nitrogens is 1. The van der Waals surface area contributed by atoms with Crippen molar-refractivity contribution in [2.75, 3.05) is 13.1 Å². The van der Waals surface area contributed by atoms with Crippen LogP contribution >= 0.6 is 0 Å². The first-order valence-electron chi connectivity index (χ1n) is 7.25. The van der Waals surface area contributed by atoms with Crippen molar-refractivity contribution in [2.24, 2.45) is 0 Å². The lowest BCUT2D eigenvalue weighted by Gasteiger charge is -2.25. The van der Waals surface area contributed by atoms with Gasteiger partial charge in [-0.2, -0.15) is 9.40 Å². The molecule has 0 saturated heterocycles. The average molecular weight is 312 g/mol. The van der Waals surface area contributed by atoms with Gasteiger partial charge in [-0.3, -0.25) is 5.10 Å². The van der Waals surface area contributed by atoms with E-state index in [2.05, 4.69) is 15.5 Å². The van der Waals surface area contributed by atoms with Crippen LogP contribution in [0.2, 0.25) is 0 Å². The van der Waals surface area contributed by atoms with Crippen molar-refractivity contribution >= 4 is 10.0 Å². The number of hydrogen-bond acceptors (Lipinski definition) is 4. The van der Waals surface area contributed by atoms with E-state index in [0.717, 1.165) is 6.42 Å². The summed E-state index contributed by atoms with van der Waals surface area (Å²) < 4.78 is 27.2. The van der Waals surface area contributed by atoms with Gasteiger partial charge in [-0.1, -0.05) is 25.5 Å². The molecule has 0 spiro atoms. The van der Waals surface area contributed by atoms with Gasteiger partial charge >= 0.3 is 0 Å². The van der Waals surface area contributed by atoms with E-state index in [9.17, 15) is 8.42 Å². The molecule has 0 atom stereocenters. The predicted molar refractivity (Wildman–Crippen MR) is 82.4 cm³/mol. The number of aryl methyl sites for hydroxylation is 1. The zero-order valence-electron chi connectivity index (χ0n) is 13.1. The Labute approximate surface area is 126 Å². The molecule has 2 rings (SSSR count). The summed E-state index contributed by atoms with van der Waals surface area (Å²) in [5, 5.41) is 10.2. The minimum Gasteiger partial charge on any atom is -0.309 e. The Bertz CT molecular complexity index is 631. The fourth-order valence-electron chi connectivity index (χ4n) is 2.33. The van der Waals surface area contributed by atoms with Crippen molar-refractivity contribution in [1.29, 1.82) is 0 Å². The second kappa shape index (κ2) is 6.29. The molecule has 0 aliphatic carbocycles. The van der Waals surface area contributed by atoms with Crippen molar-refractivity contribution in [2.45, 2.75) is 51.6 Å². The SMILES string of the molecule is CC1=CCN(S(=O)(=O)c2c(CNC(C)C)n[nH]c2C)CC1. The van der Waals surface area contributed by atoms with Gasteiger partial charge in [0.15, 0.2) is 0 Å². The number of rotatable bonds is 5. The lowest BCUT2D eigenvalue weighted by molar-refractivity contribution is 0.430. The Morgan fingerprint density at radius 1 is 1.43 bits per heavy atom. The number of aromatic amines is 1. The number of hydrogen-bond donors (Lipinski definition) is 2. The van der Waals surface area contributed by atoms with Gasteiger partial charge in [0.25, 0.3) is 0 Å². The molecule has 1 aromatic rings. The highest BCUT2D eigenvalue weighted by atomic mass is 32.2. The Morgan fingerprint density at radius 2 is 2.14 bits per heavy atom. The molecule has 21 heavy (non-hydrogen) atoms. The minimum absolute atomic E-state index is 0.276. The first kappa shape index (κ1) is 16.2. The molecule has 0 unspecified atom stereocenters. The molecule has 0 radical (unpaired) electrons. The van der Waals surface area contributed by atoms with Crippen LogP contribution in [0.1, 0.15) is 38.6 Å². The Hall–Kier alpha value is -1.18. The molecule has 0 amide bonds. The summed E-state index contributed by atoms with van der Waals surface area (Å²) in [5.74, 6) is 0. The third-order valence-electron chi connectivity index (χ3n) is 3.64. The number of sulfonamides is 1. The van der Waals surface area contributed by atoms with E-state index in [4.69, 9.17) is 0 Å². The number of aromatic nitrogens is 2. The normalized spacial score (nSPS) is 17.3. The number of nitrogens with zero attached hydrogens (tertiary/aromatic N) is 2. The molecular weight excluding hydrogens is 288 g/mol. The summed E-state index contributed by atoms with van der Waals surface area (Å²) in [5.41, 5.74) is 2.40. The average Bonchev–Trinajstić information content (AvgIpc) is 2.78. The molecule has 1 aromatic heterocycles. The van der Waals surface area contributed by atoms with Crippen LogP contribution in [0.3, 0.4) is 0 Å². The van der Waals surface area contributed by atoms with E-state index in [1.165, 1.54) is 9.88 Å². The Morgan fingerprint density at radius 3 is 2.71 bits per heavy atom. The van der Waals surface area contributed by atoms with Gasteiger partial charge in [-0.25, -0.2) is 8.42 Å². The Kier molecular flexibility index (Phi) is 4.85. The van der Waals surface area contributed by atoms with E-state index < -0.39 is 10.0 Å². The maximum absolute atomic E-state index is 12.9. The van der Waals surface area contributed by atoms with Gasteiger partial charge in [0, 0.05) is 25.7 Å². The fourth-order valence-corrected chi connectivity index (χ4v) is 4.04. The van der Waals surface area contributed by atoms with E-state index in [1.54, 1.807) is 6.92 Å². The van der Waals surface area contributed by atoms with Crippen LogP contribution < -0.4 is 5.32 Å². The van der Waals surface area contributed by atoms with Crippen molar-refractivity contribution in [3.8, 4) is 0 Å². The first-order valence-corrected chi connectivity index (χ1v) is 8.69. The lowest BCUT2D eigenvalue weighted by atomic mass is 10.1. The summed E-state index contributed by atoms with van der Waals surface area (Å²) in [6.45, 7) is 9.24. The van der Waals surface area contributed by atoms with E-state index in [0.29, 0.717) is 35.9 Å².